The summed E-state index contributed by atoms with van der Waals surface area (Å²) in [7, 11) is 0. The van der Waals surface area contributed by atoms with E-state index < -0.39 is 11.7 Å². The number of ether oxygens (including phenoxy) is 1. The zero-order chi connectivity index (χ0) is 14.5. The monoisotopic (exact) mass is 313 g/mol. The molecule has 0 fully saturated rings. The van der Waals surface area contributed by atoms with E-state index in [2.05, 4.69) is 5.32 Å². The molecule has 0 aliphatic carbocycles. The minimum absolute atomic E-state index is 0.241. The lowest BCUT2D eigenvalue weighted by molar-refractivity contribution is -0.118. The highest BCUT2D eigenvalue weighted by molar-refractivity contribution is 6.37. The van der Waals surface area contributed by atoms with Crippen molar-refractivity contribution < 1.29 is 13.9 Å². The van der Waals surface area contributed by atoms with E-state index in [1.807, 2.05) is 0 Å². The molecule has 0 aliphatic rings. The zero-order valence-electron chi connectivity index (χ0n) is 10.2. The number of rotatable bonds is 4. The molecule has 2 rings (SSSR count). The predicted octanol–water partition coefficient (Wildman–Crippen LogP) is 4.15. The summed E-state index contributed by atoms with van der Waals surface area (Å²) >= 11 is 11.8. The van der Waals surface area contributed by atoms with E-state index in [0.717, 1.165) is 0 Å². The Balaban J connectivity index is 1.96. The second-order valence-electron chi connectivity index (χ2n) is 3.90. The first-order valence-corrected chi connectivity index (χ1v) is 6.44. The Morgan fingerprint density at radius 3 is 2.45 bits per heavy atom. The van der Waals surface area contributed by atoms with Gasteiger partial charge in [-0.15, -0.1) is 0 Å². The minimum Gasteiger partial charge on any atom is -0.481 e. The quantitative estimate of drug-likeness (QED) is 0.920. The van der Waals surface area contributed by atoms with Crippen molar-refractivity contribution in [3.05, 3.63) is 58.3 Å². The maximum Gasteiger partial charge on any atom is 0.262 e. The lowest BCUT2D eigenvalue weighted by atomic mass is 10.3. The molecule has 0 heterocycles. The molecule has 3 nitrogen and oxygen atoms in total. The third-order valence-electron chi connectivity index (χ3n) is 2.37. The molecule has 0 aliphatic heterocycles. The van der Waals surface area contributed by atoms with Crippen molar-refractivity contribution in [2.24, 2.45) is 0 Å². The van der Waals surface area contributed by atoms with E-state index in [0.29, 0.717) is 15.7 Å². The number of carbonyl (C=O) groups excluding carboxylic acids is 1. The predicted molar refractivity (Wildman–Crippen MR) is 77.0 cm³/mol. The van der Waals surface area contributed by atoms with Gasteiger partial charge in [0, 0.05) is 5.69 Å². The minimum atomic E-state index is -0.438. The Bertz CT molecular complexity index is 614. The van der Waals surface area contributed by atoms with Gasteiger partial charge in [0.05, 0.1) is 10.0 Å². The number of hydrogen-bond donors (Lipinski definition) is 1. The smallest absolute Gasteiger partial charge is 0.262 e. The molecule has 0 unspecified atom stereocenters. The Kier molecular flexibility index (Phi) is 4.82. The number of carbonyl (C=O) groups is 1. The maximum atomic E-state index is 13.0. The van der Waals surface area contributed by atoms with Gasteiger partial charge in [-0.2, -0.15) is 0 Å². The van der Waals surface area contributed by atoms with E-state index in [4.69, 9.17) is 27.9 Å². The molecular weight excluding hydrogens is 304 g/mol. The van der Waals surface area contributed by atoms with Crippen LogP contribution in [0.5, 0.6) is 5.75 Å². The average molecular weight is 314 g/mol. The summed E-state index contributed by atoms with van der Waals surface area (Å²) < 4.78 is 18.2. The van der Waals surface area contributed by atoms with Crippen molar-refractivity contribution in [1.82, 2.24) is 0 Å². The first-order chi connectivity index (χ1) is 9.56. The Hall–Kier alpha value is -1.78. The van der Waals surface area contributed by atoms with Crippen LogP contribution in [0.15, 0.2) is 42.5 Å². The van der Waals surface area contributed by atoms with Gasteiger partial charge in [-0.05, 0) is 30.3 Å². The molecule has 20 heavy (non-hydrogen) atoms. The van der Waals surface area contributed by atoms with Gasteiger partial charge in [-0.3, -0.25) is 4.79 Å². The van der Waals surface area contributed by atoms with Crippen LogP contribution in [0.3, 0.4) is 0 Å². The highest BCUT2D eigenvalue weighted by atomic mass is 35.5. The van der Waals surface area contributed by atoms with Crippen LogP contribution in [0, 0.1) is 5.82 Å². The molecular formula is C14H10Cl2FNO2. The van der Waals surface area contributed by atoms with Crippen molar-refractivity contribution in [2.75, 3.05) is 11.9 Å². The van der Waals surface area contributed by atoms with Crippen molar-refractivity contribution in [3.8, 4) is 5.75 Å². The highest BCUT2D eigenvalue weighted by Gasteiger charge is 2.09. The van der Waals surface area contributed by atoms with Gasteiger partial charge in [0.15, 0.2) is 12.4 Å². The summed E-state index contributed by atoms with van der Waals surface area (Å²) in [6.07, 6.45) is 0. The highest BCUT2D eigenvalue weighted by Crippen LogP contribution is 2.32. The number of amides is 1. The first kappa shape index (κ1) is 14.6. The molecule has 2 aromatic carbocycles. The lowest BCUT2D eigenvalue weighted by Crippen LogP contribution is -2.20. The van der Waals surface area contributed by atoms with Crippen molar-refractivity contribution in [3.63, 3.8) is 0 Å². The molecule has 1 amide bonds. The number of para-hydroxylation sites is 1. The van der Waals surface area contributed by atoms with Crippen LogP contribution in [0.2, 0.25) is 10.0 Å². The fourth-order valence-corrected chi connectivity index (χ4v) is 2.03. The summed E-state index contributed by atoms with van der Waals surface area (Å²) in [6, 6.07) is 10.4. The van der Waals surface area contributed by atoms with Crippen LogP contribution in [0.25, 0.3) is 0 Å². The topological polar surface area (TPSA) is 38.3 Å². The van der Waals surface area contributed by atoms with E-state index in [-0.39, 0.29) is 12.4 Å². The van der Waals surface area contributed by atoms with Crippen molar-refractivity contribution in [1.29, 1.82) is 0 Å². The van der Waals surface area contributed by atoms with Crippen LogP contribution in [0.1, 0.15) is 0 Å². The molecule has 6 heteroatoms. The number of benzene rings is 2. The molecule has 0 saturated carbocycles. The fraction of sp³-hybridized carbons (Fsp3) is 0.0714. The first-order valence-electron chi connectivity index (χ1n) is 5.68. The summed E-state index contributed by atoms with van der Waals surface area (Å²) in [5.41, 5.74) is 0.351. The lowest BCUT2D eigenvalue weighted by Gasteiger charge is -2.10. The zero-order valence-corrected chi connectivity index (χ0v) is 11.7. The van der Waals surface area contributed by atoms with Crippen molar-refractivity contribution >= 4 is 34.8 Å². The standard InChI is InChI=1S/C14H10Cl2FNO2/c15-11-5-2-6-12(16)14(11)20-8-13(19)18-10-4-1-3-9(17)7-10/h1-7H,8H2,(H,18,19). The van der Waals surface area contributed by atoms with Gasteiger partial charge < -0.3 is 10.1 Å². The van der Waals surface area contributed by atoms with Crippen LogP contribution < -0.4 is 10.1 Å². The summed E-state index contributed by atoms with van der Waals surface area (Å²) in [5.74, 6) is -0.630. The maximum absolute atomic E-state index is 13.0. The molecule has 0 bridgehead atoms. The van der Waals surface area contributed by atoms with Gasteiger partial charge in [-0.25, -0.2) is 4.39 Å². The summed E-state index contributed by atoms with van der Waals surface area (Å²) in [4.78, 5) is 11.7. The number of nitrogens with one attached hydrogen (secondary N) is 1. The van der Waals surface area contributed by atoms with Gasteiger partial charge in [0.2, 0.25) is 0 Å². The van der Waals surface area contributed by atoms with Gasteiger partial charge in [0.25, 0.3) is 5.91 Å². The summed E-state index contributed by atoms with van der Waals surface area (Å²) in [5, 5.41) is 3.13. The molecule has 0 spiro atoms. The number of halogens is 3. The second-order valence-corrected chi connectivity index (χ2v) is 4.71. The van der Waals surface area contributed by atoms with E-state index in [1.165, 1.54) is 18.2 Å². The molecule has 0 radical (unpaired) electrons. The fourth-order valence-electron chi connectivity index (χ4n) is 1.52. The molecule has 1 N–H and O–H groups in total. The Labute approximate surface area is 125 Å². The number of hydrogen-bond acceptors (Lipinski definition) is 2. The van der Waals surface area contributed by atoms with E-state index in [9.17, 15) is 9.18 Å². The Morgan fingerprint density at radius 1 is 1.15 bits per heavy atom. The molecule has 0 atom stereocenters. The second kappa shape index (κ2) is 6.59. The third-order valence-corrected chi connectivity index (χ3v) is 2.97. The normalized spacial score (nSPS) is 10.2. The largest absolute Gasteiger partial charge is 0.481 e. The average Bonchev–Trinajstić information content (AvgIpc) is 2.38. The summed E-state index contributed by atoms with van der Waals surface area (Å²) in [6.45, 7) is -0.278. The molecule has 0 saturated heterocycles. The van der Waals surface area contributed by atoms with Crippen molar-refractivity contribution in [2.45, 2.75) is 0 Å². The molecule has 0 aromatic heterocycles. The van der Waals surface area contributed by atoms with Gasteiger partial charge in [-0.1, -0.05) is 35.3 Å². The third kappa shape index (κ3) is 3.85. The Morgan fingerprint density at radius 2 is 1.80 bits per heavy atom. The van der Waals surface area contributed by atoms with Crippen LogP contribution >= 0.6 is 23.2 Å². The van der Waals surface area contributed by atoms with E-state index in [1.54, 1.807) is 24.3 Å². The van der Waals surface area contributed by atoms with Crippen LogP contribution in [-0.4, -0.2) is 12.5 Å². The van der Waals surface area contributed by atoms with E-state index >= 15 is 0 Å². The molecule has 104 valence electrons. The van der Waals surface area contributed by atoms with Crippen LogP contribution in [-0.2, 0) is 4.79 Å². The van der Waals surface area contributed by atoms with Gasteiger partial charge >= 0.3 is 0 Å². The number of anilines is 1. The SMILES string of the molecule is O=C(COc1c(Cl)cccc1Cl)Nc1cccc(F)c1. The molecule has 2 aromatic rings. The van der Waals surface area contributed by atoms with Gasteiger partial charge in [0.1, 0.15) is 5.82 Å². The van der Waals surface area contributed by atoms with Crippen LogP contribution in [0.4, 0.5) is 10.1 Å².